The summed E-state index contributed by atoms with van der Waals surface area (Å²) in [6.07, 6.45) is 1.57. The summed E-state index contributed by atoms with van der Waals surface area (Å²) in [6, 6.07) is 24.6. The summed E-state index contributed by atoms with van der Waals surface area (Å²) < 4.78 is 11.8. The Labute approximate surface area is 190 Å². The highest BCUT2D eigenvalue weighted by Crippen LogP contribution is 2.29. The molecule has 4 rings (SSSR count). The van der Waals surface area contributed by atoms with Gasteiger partial charge in [0.25, 0.3) is 5.91 Å². The largest absolute Gasteiger partial charge is 0.480 e. The summed E-state index contributed by atoms with van der Waals surface area (Å²) in [7, 11) is 0. The fourth-order valence-electron chi connectivity index (χ4n) is 3.38. The first kappa shape index (κ1) is 22.0. The smallest absolute Gasteiger partial charge is 0.322 e. The number of carbonyl (C=O) groups excluding carboxylic acids is 1. The van der Waals surface area contributed by atoms with E-state index in [1.165, 1.54) is 0 Å². The first-order valence-corrected chi connectivity index (χ1v) is 10.4. The van der Waals surface area contributed by atoms with Gasteiger partial charge in [0.15, 0.2) is 0 Å². The van der Waals surface area contributed by atoms with Crippen molar-refractivity contribution >= 4 is 22.6 Å². The number of para-hydroxylation sites is 1. The Bertz CT molecular complexity index is 1260. The number of carbonyl (C=O) groups is 2. The van der Waals surface area contributed by atoms with E-state index in [1.54, 1.807) is 6.20 Å². The molecule has 0 aliphatic carbocycles. The highest BCUT2D eigenvalue weighted by atomic mass is 16.5. The molecule has 33 heavy (non-hydrogen) atoms. The number of benzene rings is 3. The molecular weight excluding hydrogens is 420 g/mol. The lowest BCUT2D eigenvalue weighted by molar-refractivity contribution is -0.135. The third kappa shape index (κ3) is 5.72. The Morgan fingerprint density at radius 3 is 2.33 bits per heavy atom. The average molecular weight is 442 g/mol. The monoisotopic (exact) mass is 442 g/mol. The Balaban J connectivity index is 1.63. The van der Waals surface area contributed by atoms with Gasteiger partial charge in [0.05, 0.1) is 13.2 Å². The van der Waals surface area contributed by atoms with Gasteiger partial charge in [-0.1, -0.05) is 54.6 Å². The summed E-state index contributed by atoms with van der Waals surface area (Å²) >= 11 is 0. The van der Waals surface area contributed by atoms with Crippen LogP contribution >= 0.6 is 0 Å². The van der Waals surface area contributed by atoms with Crippen LogP contribution in [0.5, 0.6) is 11.5 Å². The van der Waals surface area contributed by atoms with E-state index >= 15 is 0 Å². The van der Waals surface area contributed by atoms with Gasteiger partial charge in [-0.05, 0) is 35.2 Å². The Hall–Kier alpha value is -4.23. The van der Waals surface area contributed by atoms with E-state index in [9.17, 15) is 9.59 Å². The molecular formula is C26H22N2O5. The predicted octanol–water partition coefficient (Wildman–Crippen LogP) is 4.56. The predicted molar refractivity (Wildman–Crippen MR) is 123 cm³/mol. The molecule has 0 unspecified atom stereocenters. The van der Waals surface area contributed by atoms with E-state index in [1.807, 2.05) is 78.9 Å². The Kier molecular flexibility index (Phi) is 6.92. The zero-order chi connectivity index (χ0) is 23.0. The van der Waals surface area contributed by atoms with Gasteiger partial charge in [0, 0.05) is 17.1 Å². The van der Waals surface area contributed by atoms with Crippen LogP contribution in [0.3, 0.4) is 0 Å². The quantitative estimate of drug-likeness (QED) is 0.394. The van der Waals surface area contributed by atoms with E-state index in [4.69, 9.17) is 14.6 Å². The van der Waals surface area contributed by atoms with Crippen LogP contribution in [0.2, 0.25) is 0 Å². The van der Waals surface area contributed by atoms with Crippen molar-refractivity contribution in [3.05, 3.63) is 102 Å². The van der Waals surface area contributed by atoms with Crippen LogP contribution in [0, 0.1) is 0 Å². The average Bonchev–Trinajstić information content (AvgIpc) is 2.84. The van der Waals surface area contributed by atoms with Gasteiger partial charge in [-0.15, -0.1) is 0 Å². The standard InChI is InChI=1S/C26H22N2O5/c29-24(30)15-28-26(31)25-23(17-32-16-18-7-3-1-4-8-18)22-12-11-21(13-19(22)14-27-25)33-20-9-5-2-6-10-20/h1-14H,15-17H2,(H,28,31)(H,29,30). The van der Waals surface area contributed by atoms with Crippen LogP contribution in [0.25, 0.3) is 10.8 Å². The summed E-state index contributed by atoms with van der Waals surface area (Å²) in [5.74, 6) is -0.355. The maximum absolute atomic E-state index is 12.6. The molecule has 0 saturated heterocycles. The number of rotatable bonds is 9. The SMILES string of the molecule is O=C(O)CNC(=O)c1ncc2cc(Oc3ccccc3)ccc2c1COCc1ccccc1. The van der Waals surface area contributed by atoms with E-state index in [0.717, 1.165) is 16.3 Å². The first-order valence-electron chi connectivity index (χ1n) is 10.4. The molecule has 0 saturated carbocycles. The lowest BCUT2D eigenvalue weighted by Crippen LogP contribution is -2.30. The topological polar surface area (TPSA) is 97.8 Å². The Morgan fingerprint density at radius 1 is 0.879 bits per heavy atom. The normalized spacial score (nSPS) is 10.7. The maximum Gasteiger partial charge on any atom is 0.322 e. The van der Waals surface area contributed by atoms with Crippen LogP contribution in [0.1, 0.15) is 21.6 Å². The molecule has 0 atom stereocenters. The second-order valence-corrected chi connectivity index (χ2v) is 7.30. The minimum absolute atomic E-state index is 0.133. The molecule has 4 aromatic rings. The molecule has 0 aliphatic rings. The number of pyridine rings is 1. The van der Waals surface area contributed by atoms with Crippen LogP contribution in [0.15, 0.2) is 85.1 Å². The second-order valence-electron chi connectivity index (χ2n) is 7.30. The van der Waals surface area contributed by atoms with Crippen molar-refractivity contribution in [2.24, 2.45) is 0 Å². The zero-order valence-corrected chi connectivity index (χ0v) is 17.7. The van der Waals surface area contributed by atoms with Crippen LogP contribution in [-0.4, -0.2) is 28.5 Å². The molecule has 1 aromatic heterocycles. The summed E-state index contributed by atoms with van der Waals surface area (Å²) in [6.45, 7) is 0.00325. The minimum atomic E-state index is -1.13. The fourth-order valence-corrected chi connectivity index (χ4v) is 3.38. The summed E-state index contributed by atoms with van der Waals surface area (Å²) in [5.41, 5.74) is 1.72. The van der Waals surface area contributed by atoms with Gasteiger partial charge in [0.2, 0.25) is 0 Å². The molecule has 0 aliphatic heterocycles. The number of fused-ring (bicyclic) bond motifs is 1. The molecule has 0 fully saturated rings. The van der Waals surface area contributed by atoms with Crippen LogP contribution in [0.4, 0.5) is 0 Å². The molecule has 3 aromatic carbocycles. The molecule has 0 spiro atoms. The number of aromatic nitrogens is 1. The fraction of sp³-hybridized carbons (Fsp3) is 0.115. The number of ether oxygens (including phenoxy) is 2. The van der Waals surface area contributed by atoms with Crippen molar-refractivity contribution in [1.29, 1.82) is 0 Å². The van der Waals surface area contributed by atoms with E-state index in [0.29, 0.717) is 23.7 Å². The molecule has 7 nitrogen and oxygen atoms in total. The molecule has 7 heteroatoms. The molecule has 166 valence electrons. The van der Waals surface area contributed by atoms with Crippen molar-refractivity contribution < 1.29 is 24.2 Å². The lowest BCUT2D eigenvalue weighted by atomic mass is 10.0. The lowest BCUT2D eigenvalue weighted by Gasteiger charge is -2.14. The van der Waals surface area contributed by atoms with E-state index < -0.39 is 18.4 Å². The molecule has 1 amide bonds. The van der Waals surface area contributed by atoms with Crippen molar-refractivity contribution in [3.8, 4) is 11.5 Å². The van der Waals surface area contributed by atoms with Crippen LogP contribution < -0.4 is 10.1 Å². The molecule has 2 N–H and O–H groups in total. The van der Waals surface area contributed by atoms with Crippen molar-refractivity contribution in [3.63, 3.8) is 0 Å². The highest BCUT2D eigenvalue weighted by molar-refractivity contribution is 6.00. The van der Waals surface area contributed by atoms with Gasteiger partial charge < -0.3 is 19.9 Å². The second kappa shape index (κ2) is 10.4. The van der Waals surface area contributed by atoms with Gasteiger partial charge in [-0.25, -0.2) is 0 Å². The van der Waals surface area contributed by atoms with Crippen molar-refractivity contribution in [2.75, 3.05) is 6.54 Å². The minimum Gasteiger partial charge on any atom is -0.480 e. The third-order valence-corrected chi connectivity index (χ3v) is 4.92. The highest BCUT2D eigenvalue weighted by Gasteiger charge is 2.18. The zero-order valence-electron chi connectivity index (χ0n) is 17.7. The number of aliphatic carboxylic acids is 1. The van der Waals surface area contributed by atoms with Crippen LogP contribution in [-0.2, 0) is 22.7 Å². The number of carboxylic acids is 1. The number of carboxylic acid groups (broad SMARTS) is 1. The first-order chi connectivity index (χ1) is 16.1. The summed E-state index contributed by atoms with van der Waals surface area (Å²) in [4.78, 5) is 27.8. The summed E-state index contributed by atoms with van der Waals surface area (Å²) in [5, 5.41) is 12.8. The van der Waals surface area contributed by atoms with Gasteiger partial charge >= 0.3 is 5.97 Å². The van der Waals surface area contributed by atoms with Gasteiger partial charge in [-0.3, -0.25) is 14.6 Å². The van der Waals surface area contributed by atoms with Gasteiger partial charge in [-0.2, -0.15) is 0 Å². The third-order valence-electron chi connectivity index (χ3n) is 4.92. The number of amides is 1. The van der Waals surface area contributed by atoms with Crippen molar-refractivity contribution in [2.45, 2.75) is 13.2 Å². The number of hydrogen-bond acceptors (Lipinski definition) is 5. The van der Waals surface area contributed by atoms with E-state index in [2.05, 4.69) is 10.3 Å². The van der Waals surface area contributed by atoms with Gasteiger partial charge in [0.1, 0.15) is 23.7 Å². The maximum atomic E-state index is 12.6. The molecule has 0 radical (unpaired) electrons. The molecule has 0 bridgehead atoms. The van der Waals surface area contributed by atoms with E-state index in [-0.39, 0.29) is 12.3 Å². The molecule has 1 heterocycles. The van der Waals surface area contributed by atoms with Crippen molar-refractivity contribution in [1.82, 2.24) is 10.3 Å². The Morgan fingerprint density at radius 2 is 1.61 bits per heavy atom. The number of nitrogens with one attached hydrogen (secondary N) is 1. The number of hydrogen-bond donors (Lipinski definition) is 2. The number of nitrogens with zero attached hydrogens (tertiary/aromatic N) is 1.